The van der Waals surface area contributed by atoms with Crippen LogP contribution in [0.25, 0.3) is 11.1 Å². The van der Waals surface area contributed by atoms with E-state index in [2.05, 4.69) is 0 Å². The lowest BCUT2D eigenvalue weighted by Gasteiger charge is -2.48. The van der Waals surface area contributed by atoms with Gasteiger partial charge in [0.15, 0.2) is 0 Å². The van der Waals surface area contributed by atoms with E-state index in [4.69, 9.17) is 0 Å². The topological polar surface area (TPSA) is 115 Å². The first kappa shape index (κ1) is 26.6. The van der Waals surface area contributed by atoms with E-state index in [0.29, 0.717) is 29.5 Å². The van der Waals surface area contributed by atoms with Gasteiger partial charge in [0.25, 0.3) is 10.1 Å². The predicted molar refractivity (Wildman–Crippen MR) is 144 cm³/mol. The fourth-order valence-corrected chi connectivity index (χ4v) is 5.55. The Balaban J connectivity index is 1.45. The number of nitrogens with zero attached hydrogens (tertiary/aromatic N) is 1. The molecule has 0 radical (unpaired) electrons. The molecule has 1 heterocycles. The highest BCUT2D eigenvalue weighted by atomic mass is 32.2. The number of β-lactam (4-membered cyclic amide) rings is 1. The second kappa shape index (κ2) is 10.6. The Morgan fingerprint density at radius 2 is 1.51 bits per heavy atom. The molecule has 0 saturated carbocycles. The Bertz CT molecular complexity index is 1610. The maximum absolute atomic E-state index is 14.7. The van der Waals surface area contributed by atoms with Gasteiger partial charge in [-0.05, 0) is 59.9 Å². The normalized spacial score (nSPS) is 18.0. The number of aliphatic hydroxyl groups is 1. The molecule has 3 N–H and O–H groups in total. The van der Waals surface area contributed by atoms with Gasteiger partial charge in [-0.25, -0.2) is 4.39 Å². The number of hydrogen-bond acceptors (Lipinski definition) is 5. The van der Waals surface area contributed by atoms with Crippen LogP contribution < -0.4 is 4.90 Å². The van der Waals surface area contributed by atoms with E-state index >= 15 is 0 Å². The van der Waals surface area contributed by atoms with Crippen LogP contribution in [-0.4, -0.2) is 29.1 Å². The first-order valence-corrected chi connectivity index (χ1v) is 13.8. The molecule has 0 unspecified atom stereocenters. The third kappa shape index (κ3) is 5.29. The number of aromatic hydroxyl groups is 1. The molecule has 200 valence electrons. The third-order valence-electron chi connectivity index (χ3n) is 7.10. The van der Waals surface area contributed by atoms with E-state index in [1.54, 1.807) is 18.2 Å². The molecule has 1 aliphatic heterocycles. The summed E-state index contributed by atoms with van der Waals surface area (Å²) in [5.41, 5.74) is 2.45. The van der Waals surface area contributed by atoms with Crippen molar-refractivity contribution in [3.63, 3.8) is 0 Å². The molecule has 4 aromatic rings. The van der Waals surface area contributed by atoms with Crippen LogP contribution in [0.3, 0.4) is 0 Å². The molecule has 1 saturated heterocycles. The van der Waals surface area contributed by atoms with Crippen LogP contribution >= 0.6 is 0 Å². The molecule has 4 aromatic carbocycles. The number of phenols is 1. The SMILES string of the molecule is O=C1[C@H](CC[C@H](O)c2ccccc2)[C@@H](c2ccc(-c3ccc(S(=O)(=O)O)cc3)cc2O)N1c1ccccc1F. The maximum Gasteiger partial charge on any atom is 0.294 e. The van der Waals surface area contributed by atoms with Gasteiger partial charge in [0.1, 0.15) is 11.6 Å². The van der Waals surface area contributed by atoms with Crippen LogP contribution in [0.4, 0.5) is 10.1 Å². The van der Waals surface area contributed by atoms with Crippen molar-refractivity contribution in [1.82, 2.24) is 0 Å². The number of phenolic OH excluding ortho intramolecular Hbond substituents is 1. The van der Waals surface area contributed by atoms with Crippen LogP contribution in [0.15, 0.2) is 102 Å². The number of carbonyl (C=O) groups excluding carboxylic acids is 1. The van der Waals surface area contributed by atoms with Crippen molar-refractivity contribution < 1.29 is 32.4 Å². The molecule has 1 fully saturated rings. The smallest absolute Gasteiger partial charge is 0.294 e. The number of aliphatic hydroxyl groups excluding tert-OH is 1. The van der Waals surface area contributed by atoms with E-state index < -0.39 is 34.0 Å². The van der Waals surface area contributed by atoms with E-state index in [1.165, 1.54) is 53.4 Å². The molecule has 5 rings (SSSR count). The Morgan fingerprint density at radius 1 is 0.872 bits per heavy atom. The zero-order valence-electron chi connectivity index (χ0n) is 20.7. The van der Waals surface area contributed by atoms with Crippen molar-refractivity contribution in [2.24, 2.45) is 5.92 Å². The number of carbonyl (C=O) groups is 1. The van der Waals surface area contributed by atoms with Gasteiger partial charge in [-0.2, -0.15) is 8.42 Å². The number of anilines is 1. The van der Waals surface area contributed by atoms with Gasteiger partial charge in [0.2, 0.25) is 5.91 Å². The highest BCUT2D eigenvalue weighted by Gasteiger charge is 2.50. The lowest BCUT2D eigenvalue weighted by Crippen LogP contribution is -2.55. The molecule has 39 heavy (non-hydrogen) atoms. The summed E-state index contributed by atoms with van der Waals surface area (Å²) >= 11 is 0. The number of amides is 1. The average Bonchev–Trinajstić information content (AvgIpc) is 2.93. The summed E-state index contributed by atoms with van der Waals surface area (Å²) in [6.07, 6.45) is -0.145. The molecule has 0 aromatic heterocycles. The minimum absolute atomic E-state index is 0.108. The number of rotatable bonds is 8. The summed E-state index contributed by atoms with van der Waals surface area (Å²) in [7, 11) is -4.34. The second-order valence-electron chi connectivity index (χ2n) is 9.49. The molecule has 9 heteroatoms. The first-order valence-electron chi connectivity index (χ1n) is 12.4. The molecule has 7 nitrogen and oxygen atoms in total. The molecule has 3 atom stereocenters. The van der Waals surface area contributed by atoms with E-state index in [-0.39, 0.29) is 22.2 Å². The lowest BCUT2D eigenvalue weighted by atomic mass is 9.77. The Labute approximate surface area is 225 Å². The van der Waals surface area contributed by atoms with Gasteiger partial charge < -0.3 is 15.1 Å². The van der Waals surface area contributed by atoms with Gasteiger partial charge in [-0.1, -0.05) is 66.7 Å². The lowest BCUT2D eigenvalue weighted by molar-refractivity contribution is -0.131. The quantitative estimate of drug-likeness (QED) is 0.194. The van der Waals surface area contributed by atoms with E-state index in [1.807, 2.05) is 30.3 Å². The zero-order valence-corrected chi connectivity index (χ0v) is 21.5. The van der Waals surface area contributed by atoms with Crippen molar-refractivity contribution in [3.05, 3.63) is 114 Å². The minimum Gasteiger partial charge on any atom is -0.508 e. The van der Waals surface area contributed by atoms with Gasteiger partial charge in [0.05, 0.1) is 28.6 Å². The van der Waals surface area contributed by atoms with Crippen molar-refractivity contribution in [3.8, 4) is 16.9 Å². The average molecular weight is 548 g/mol. The minimum atomic E-state index is -4.34. The van der Waals surface area contributed by atoms with Gasteiger partial charge in [-0.3, -0.25) is 9.35 Å². The van der Waals surface area contributed by atoms with Crippen LogP contribution in [0.2, 0.25) is 0 Å². The van der Waals surface area contributed by atoms with E-state index in [9.17, 15) is 32.4 Å². The van der Waals surface area contributed by atoms with Gasteiger partial charge in [0, 0.05) is 5.56 Å². The summed E-state index contributed by atoms with van der Waals surface area (Å²) in [6, 6.07) is 24.8. The fourth-order valence-electron chi connectivity index (χ4n) is 5.07. The van der Waals surface area contributed by atoms with Crippen molar-refractivity contribution in [2.45, 2.75) is 29.9 Å². The molecule has 0 spiro atoms. The maximum atomic E-state index is 14.7. The van der Waals surface area contributed by atoms with Crippen molar-refractivity contribution in [2.75, 3.05) is 4.90 Å². The predicted octanol–water partition coefficient (Wildman–Crippen LogP) is 5.66. The number of hydrogen-bond donors (Lipinski definition) is 3. The Morgan fingerprint density at radius 3 is 2.15 bits per heavy atom. The summed E-state index contributed by atoms with van der Waals surface area (Å²) < 4.78 is 46.6. The fraction of sp³-hybridized carbons (Fsp3) is 0.167. The number of para-hydroxylation sites is 1. The van der Waals surface area contributed by atoms with Crippen LogP contribution in [0.5, 0.6) is 5.75 Å². The summed E-state index contributed by atoms with van der Waals surface area (Å²) in [5.74, 6) is -1.56. The van der Waals surface area contributed by atoms with Gasteiger partial charge >= 0.3 is 0 Å². The summed E-state index contributed by atoms with van der Waals surface area (Å²) in [6.45, 7) is 0. The first-order chi connectivity index (χ1) is 18.6. The Hall–Kier alpha value is -4.05. The van der Waals surface area contributed by atoms with Crippen LogP contribution in [0.1, 0.15) is 36.1 Å². The molecular formula is C30H26FNO6S. The third-order valence-corrected chi connectivity index (χ3v) is 7.96. The molecule has 0 bridgehead atoms. The number of halogens is 1. The standard InChI is InChI=1S/C30H26FNO6S/c31-25-8-4-5-9-26(25)32-29(24(30(32)35)16-17-27(33)20-6-2-1-3-7-20)23-15-12-21(18-28(23)34)19-10-13-22(14-11-19)39(36,37)38/h1-15,18,24,27,29,33-34H,16-17H2,(H,36,37,38)/t24-,27+,29-/m1/s1. The Kier molecular flexibility index (Phi) is 7.22. The number of benzene rings is 4. The molecular weight excluding hydrogens is 521 g/mol. The largest absolute Gasteiger partial charge is 0.508 e. The van der Waals surface area contributed by atoms with Crippen molar-refractivity contribution in [1.29, 1.82) is 0 Å². The zero-order chi connectivity index (χ0) is 27.7. The molecule has 1 aliphatic rings. The van der Waals surface area contributed by atoms with Crippen molar-refractivity contribution >= 4 is 21.7 Å². The molecule has 0 aliphatic carbocycles. The summed E-state index contributed by atoms with van der Waals surface area (Å²) in [4.78, 5) is 14.4. The monoisotopic (exact) mass is 547 g/mol. The van der Waals surface area contributed by atoms with E-state index in [0.717, 1.165) is 5.56 Å². The molecule has 1 amide bonds. The highest BCUT2D eigenvalue weighted by molar-refractivity contribution is 7.85. The van der Waals surface area contributed by atoms with Crippen LogP contribution in [0, 0.1) is 11.7 Å². The highest BCUT2D eigenvalue weighted by Crippen LogP contribution is 2.49. The van der Waals surface area contributed by atoms with Gasteiger partial charge in [-0.15, -0.1) is 0 Å². The summed E-state index contributed by atoms with van der Waals surface area (Å²) in [5, 5.41) is 21.7. The van der Waals surface area contributed by atoms with Crippen LogP contribution in [-0.2, 0) is 14.9 Å². The second-order valence-corrected chi connectivity index (χ2v) is 10.9.